The maximum Gasteiger partial charge on any atom is 0.264 e. The maximum atomic E-state index is 14.7. The Morgan fingerprint density at radius 1 is 1.31 bits per heavy atom. The number of carbonyl (C=O) groups is 1. The lowest BCUT2D eigenvalue weighted by molar-refractivity contribution is -0.201. The van der Waals surface area contributed by atoms with E-state index in [9.17, 15) is 17.6 Å². The Bertz CT molecular complexity index is 1350. The summed E-state index contributed by atoms with van der Waals surface area (Å²) in [5.74, 6) is -1.06. The van der Waals surface area contributed by atoms with E-state index in [1.165, 1.54) is 14.0 Å². The van der Waals surface area contributed by atoms with Gasteiger partial charge in [0, 0.05) is 36.8 Å². The van der Waals surface area contributed by atoms with Crippen molar-refractivity contribution in [2.24, 2.45) is 0 Å². The second-order valence-electron chi connectivity index (χ2n) is 9.06. The Morgan fingerprint density at radius 2 is 2.11 bits per heavy atom. The van der Waals surface area contributed by atoms with Gasteiger partial charge < -0.3 is 9.47 Å². The van der Waals surface area contributed by atoms with Gasteiger partial charge in [-0.1, -0.05) is 18.2 Å². The summed E-state index contributed by atoms with van der Waals surface area (Å²) in [6.07, 6.45) is 4.47. The van der Waals surface area contributed by atoms with Crippen LogP contribution in [0.1, 0.15) is 32.6 Å². The largest absolute Gasteiger partial charge is 0.494 e. The number of carbonyl (C=O) groups excluding carboxylic acids is 1. The molecule has 1 aliphatic heterocycles. The predicted octanol–water partition coefficient (Wildman–Crippen LogP) is 3.62. The van der Waals surface area contributed by atoms with Crippen LogP contribution < -0.4 is 10.2 Å². The second-order valence-corrected chi connectivity index (χ2v) is 11.5. The number of sulfone groups is 1. The number of halogens is 1. The van der Waals surface area contributed by atoms with Gasteiger partial charge in [0.25, 0.3) is 5.91 Å². The number of nitrogens with one attached hydrogen (secondary N) is 1. The average molecular weight is 520 g/mol. The van der Waals surface area contributed by atoms with Crippen molar-refractivity contribution in [3.63, 3.8) is 0 Å². The van der Waals surface area contributed by atoms with Gasteiger partial charge in [-0.15, -0.1) is 0 Å². The summed E-state index contributed by atoms with van der Waals surface area (Å²) < 4.78 is 50.4. The summed E-state index contributed by atoms with van der Waals surface area (Å²) in [7, 11) is -2.39. The number of fused-ring (bicyclic) bond motifs is 1. The summed E-state index contributed by atoms with van der Waals surface area (Å²) >= 11 is 0. The highest BCUT2D eigenvalue weighted by Crippen LogP contribution is 2.31. The van der Waals surface area contributed by atoms with Crippen molar-refractivity contribution in [1.82, 2.24) is 15.3 Å². The molecular formula is C25H30FN3O6S. The van der Waals surface area contributed by atoms with Gasteiger partial charge >= 0.3 is 0 Å². The molecule has 1 fully saturated rings. The van der Waals surface area contributed by atoms with Crippen LogP contribution in [0.5, 0.6) is 5.75 Å². The summed E-state index contributed by atoms with van der Waals surface area (Å²) in [5, 5.41) is 5.12. The fourth-order valence-electron chi connectivity index (χ4n) is 4.14. The highest BCUT2D eigenvalue weighted by atomic mass is 32.2. The summed E-state index contributed by atoms with van der Waals surface area (Å²) in [4.78, 5) is 18.2. The topological polar surface area (TPSA) is 109 Å². The fourth-order valence-corrected chi connectivity index (χ4v) is 4.98. The van der Waals surface area contributed by atoms with Crippen LogP contribution >= 0.6 is 0 Å². The van der Waals surface area contributed by atoms with Crippen LogP contribution in [0, 0.1) is 5.82 Å². The number of hydroxylamine groups is 1. The highest BCUT2D eigenvalue weighted by molar-refractivity contribution is 7.92. The minimum absolute atomic E-state index is 0.0321. The zero-order chi connectivity index (χ0) is 25.9. The number of hydrogen-bond acceptors (Lipinski definition) is 7. The summed E-state index contributed by atoms with van der Waals surface area (Å²) in [5.41, 5.74) is 4.06. The molecule has 0 radical (unpaired) electrons. The minimum atomic E-state index is -3.80. The zero-order valence-corrected chi connectivity index (χ0v) is 21.3. The molecule has 1 saturated heterocycles. The number of hydrogen-bond donors (Lipinski definition) is 1. The number of benzene rings is 2. The molecule has 36 heavy (non-hydrogen) atoms. The van der Waals surface area contributed by atoms with Crippen LogP contribution in [0.3, 0.4) is 0 Å². The molecule has 11 heteroatoms. The fraction of sp³-hybridized carbons (Fsp3) is 0.440. The molecule has 0 spiro atoms. The first-order valence-electron chi connectivity index (χ1n) is 11.7. The Hall–Kier alpha value is -3.02. The number of aryl methyl sites for hydroxylation is 1. The molecule has 4 rings (SSSR count). The van der Waals surface area contributed by atoms with E-state index in [1.54, 1.807) is 47.3 Å². The molecule has 1 aromatic heterocycles. The molecule has 2 aromatic carbocycles. The third kappa shape index (κ3) is 5.23. The third-order valence-corrected chi connectivity index (χ3v) is 8.68. The first kappa shape index (κ1) is 26.1. The van der Waals surface area contributed by atoms with Gasteiger partial charge in [0.1, 0.15) is 0 Å². The van der Waals surface area contributed by atoms with Crippen LogP contribution in [-0.2, 0) is 30.8 Å². The molecule has 1 unspecified atom stereocenters. The van der Waals surface area contributed by atoms with Crippen molar-refractivity contribution in [3.05, 3.63) is 48.4 Å². The van der Waals surface area contributed by atoms with E-state index in [0.29, 0.717) is 24.2 Å². The standard InChI is InChI=1S/C25H30FN3O6S/c1-25(36(3,31)32,24(30)28-35-22-9-4-5-14-34-22)12-13-29-20-11-10-17(15-18(20)16-27-29)19-7-6-8-21(33-2)23(19)26/h6-8,10-11,15-16,22H,4-5,9,12-14H2,1-3H3,(H,28,30)/t22?,25-/m0/s1. The van der Waals surface area contributed by atoms with Crippen LogP contribution in [0.25, 0.3) is 22.0 Å². The first-order valence-corrected chi connectivity index (χ1v) is 13.6. The summed E-state index contributed by atoms with van der Waals surface area (Å²) in [6, 6.07) is 10.3. The molecule has 2 atom stereocenters. The van der Waals surface area contributed by atoms with E-state index in [4.69, 9.17) is 14.3 Å². The smallest absolute Gasteiger partial charge is 0.264 e. The van der Waals surface area contributed by atoms with Crippen molar-refractivity contribution in [2.45, 2.75) is 50.2 Å². The van der Waals surface area contributed by atoms with E-state index in [1.807, 2.05) is 0 Å². The van der Waals surface area contributed by atoms with E-state index >= 15 is 0 Å². The monoisotopic (exact) mass is 519 g/mol. The number of rotatable bonds is 9. The van der Waals surface area contributed by atoms with Gasteiger partial charge in [-0.3, -0.25) is 9.48 Å². The van der Waals surface area contributed by atoms with Crippen molar-refractivity contribution < 1.29 is 31.9 Å². The van der Waals surface area contributed by atoms with Crippen molar-refractivity contribution in [3.8, 4) is 16.9 Å². The molecule has 2 heterocycles. The quantitative estimate of drug-likeness (QED) is 0.430. The predicted molar refractivity (Wildman–Crippen MR) is 132 cm³/mol. The average Bonchev–Trinajstić information content (AvgIpc) is 3.28. The van der Waals surface area contributed by atoms with Crippen molar-refractivity contribution in [1.29, 1.82) is 0 Å². The minimum Gasteiger partial charge on any atom is -0.494 e. The molecule has 9 nitrogen and oxygen atoms in total. The van der Waals surface area contributed by atoms with Crippen molar-refractivity contribution in [2.75, 3.05) is 20.0 Å². The van der Waals surface area contributed by atoms with Crippen molar-refractivity contribution >= 4 is 26.6 Å². The Kier molecular flexibility index (Phi) is 7.62. The molecule has 1 aliphatic rings. The van der Waals surface area contributed by atoms with Crippen LogP contribution in [0.2, 0.25) is 0 Å². The SMILES string of the molecule is COc1cccc(-c2ccc3c(cnn3CC[C@@](C)(C(=O)NOC3CCCCO3)S(C)(=O)=O)c2)c1F. The van der Waals surface area contributed by atoms with Gasteiger partial charge in [-0.05, 0) is 49.9 Å². The molecule has 0 aliphatic carbocycles. The molecule has 0 saturated carbocycles. The number of aromatic nitrogens is 2. The zero-order valence-electron chi connectivity index (χ0n) is 20.5. The number of amides is 1. The van der Waals surface area contributed by atoms with Gasteiger partial charge in [-0.25, -0.2) is 23.1 Å². The number of methoxy groups -OCH3 is 1. The molecule has 1 N–H and O–H groups in total. The third-order valence-electron chi connectivity index (χ3n) is 6.66. The summed E-state index contributed by atoms with van der Waals surface area (Å²) in [6.45, 7) is 2.06. The van der Waals surface area contributed by atoms with Gasteiger partial charge in [0.2, 0.25) is 0 Å². The van der Waals surface area contributed by atoms with Gasteiger partial charge in [0.05, 0.1) is 18.8 Å². The lowest BCUT2D eigenvalue weighted by Gasteiger charge is -2.28. The molecule has 194 valence electrons. The normalized spacial score (nSPS) is 18.1. The van der Waals surface area contributed by atoms with Gasteiger partial charge in [-0.2, -0.15) is 5.10 Å². The highest BCUT2D eigenvalue weighted by Gasteiger charge is 2.44. The van der Waals surface area contributed by atoms with E-state index in [0.717, 1.165) is 30.0 Å². The van der Waals surface area contributed by atoms with E-state index in [2.05, 4.69) is 10.6 Å². The van der Waals surface area contributed by atoms with E-state index in [-0.39, 0.29) is 18.7 Å². The maximum absolute atomic E-state index is 14.7. The van der Waals surface area contributed by atoms with Crippen LogP contribution in [-0.4, -0.2) is 55.1 Å². The molecule has 1 amide bonds. The number of ether oxygens (including phenoxy) is 2. The lowest BCUT2D eigenvalue weighted by atomic mass is 10.0. The Balaban J connectivity index is 1.52. The van der Waals surface area contributed by atoms with Gasteiger partial charge in [0.15, 0.2) is 32.4 Å². The lowest BCUT2D eigenvalue weighted by Crippen LogP contribution is -2.51. The molecular weight excluding hydrogens is 489 g/mol. The Morgan fingerprint density at radius 3 is 2.81 bits per heavy atom. The Labute approximate surface area is 209 Å². The first-order chi connectivity index (χ1) is 17.1. The van der Waals surface area contributed by atoms with Crippen LogP contribution in [0.15, 0.2) is 42.6 Å². The number of nitrogens with zero attached hydrogens (tertiary/aromatic N) is 2. The molecule has 0 bridgehead atoms. The van der Waals surface area contributed by atoms with E-state index < -0.39 is 32.6 Å². The van der Waals surface area contributed by atoms with Crippen LogP contribution in [0.4, 0.5) is 4.39 Å². The second kappa shape index (κ2) is 10.5. The molecule has 3 aromatic rings.